The third-order valence-corrected chi connectivity index (χ3v) is 2.88. The fraction of sp³-hybridized carbons (Fsp3) is 0.636. The van der Waals surface area contributed by atoms with Crippen molar-refractivity contribution >= 4 is 0 Å². The monoisotopic (exact) mass is 261 g/mol. The summed E-state index contributed by atoms with van der Waals surface area (Å²) in [5, 5.41) is 3.16. The highest BCUT2D eigenvalue weighted by Gasteiger charge is 2.34. The first kappa shape index (κ1) is 13.1. The van der Waals surface area contributed by atoms with Crippen LogP contribution in [-0.2, 0) is 12.6 Å². The molecule has 1 aromatic heterocycles. The summed E-state index contributed by atoms with van der Waals surface area (Å²) in [6.07, 6.45) is -3.10. The van der Waals surface area contributed by atoms with Crippen LogP contribution in [0.3, 0.4) is 0 Å². The minimum Gasteiger partial charge on any atom is -0.481 e. The van der Waals surface area contributed by atoms with Crippen LogP contribution in [0, 0.1) is 5.92 Å². The molecular formula is C11H14F3N3O. The Morgan fingerprint density at radius 2 is 2.22 bits per heavy atom. The molecule has 18 heavy (non-hydrogen) atoms. The smallest absolute Gasteiger partial charge is 0.433 e. The second-order valence-corrected chi connectivity index (χ2v) is 4.27. The van der Waals surface area contributed by atoms with Gasteiger partial charge in [-0.3, -0.25) is 0 Å². The van der Waals surface area contributed by atoms with Gasteiger partial charge in [0.2, 0.25) is 5.88 Å². The molecule has 1 fully saturated rings. The van der Waals surface area contributed by atoms with E-state index in [-0.39, 0.29) is 17.6 Å². The van der Waals surface area contributed by atoms with Crippen LogP contribution in [0.1, 0.15) is 17.9 Å². The van der Waals surface area contributed by atoms with Crippen molar-refractivity contribution in [1.29, 1.82) is 0 Å². The Kier molecular flexibility index (Phi) is 3.70. The standard InChI is InChI=1S/C11H14F3N3O/c1-18-10-5-8(11(12,13)14)16-9(17-10)4-7-2-3-15-6-7/h5,7,15H,2-4,6H2,1H3. The Hall–Kier alpha value is -1.37. The third-order valence-electron chi connectivity index (χ3n) is 2.88. The molecule has 1 N–H and O–H groups in total. The lowest BCUT2D eigenvalue weighted by Crippen LogP contribution is -2.15. The molecule has 0 aromatic carbocycles. The number of ether oxygens (including phenoxy) is 1. The number of halogens is 3. The van der Waals surface area contributed by atoms with Crippen LogP contribution in [0.2, 0.25) is 0 Å². The van der Waals surface area contributed by atoms with E-state index < -0.39 is 11.9 Å². The van der Waals surface area contributed by atoms with Gasteiger partial charge in [0.25, 0.3) is 0 Å². The number of nitrogens with zero attached hydrogens (tertiary/aromatic N) is 2. The van der Waals surface area contributed by atoms with Crippen LogP contribution in [0.15, 0.2) is 6.07 Å². The molecule has 1 atom stereocenters. The van der Waals surface area contributed by atoms with Gasteiger partial charge >= 0.3 is 6.18 Å². The summed E-state index contributed by atoms with van der Waals surface area (Å²) in [5.41, 5.74) is -0.949. The maximum atomic E-state index is 12.6. The number of hydrogen-bond donors (Lipinski definition) is 1. The largest absolute Gasteiger partial charge is 0.481 e. The Morgan fingerprint density at radius 3 is 2.78 bits per heavy atom. The van der Waals surface area contributed by atoms with Gasteiger partial charge in [0.15, 0.2) is 5.69 Å². The third kappa shape index (κ3) is 3.10. The number of hydrogen-bond acceptors (Lipinski definition) is 4. The predicted octanol–water partition coefficient (Wildman–Crippen LogP) is 1.66. The zero-order valence-corrected chi connectivity index (χ0v) is 9.92. The van der Waals surface area contributed by atoms with E-state index in [2.05, 4.69) is 15.3 Å². The predicted molar refractivity (Wildman–Crippen MR) is 58.3 cm³/mol. The van der Waals surface area contributed by atoms with Crippen molar-refractivity contribution in [3.05, 3.63) is 17.6 Å². The molecular weight excluding hydrogens is 247 g/mol. The van der Waals surface area contributed by atoms with Crippen LogP contribution in [0.5, 0.6) is 5.88 Å². The van der Waals surface area contributed by atoms with Gasteiger partial charge in [0.05, 0.1) is 7.11 Å². The first-order chi connectivity index (χ1) is 8.49. The summed E-state index contributed by atoms with van der Waals surface area (Å²) in [4.78, 5) is 7.54. The number of nitrogens with one attached hydrogen (secondary N) is 1. The molecule has 2 rings (SSSR count). The minimum absolute atomic E-state index is 0.0433. The molecule has 1 aliphatic rings. The topological polar surface area (TPSA) is 47.0 Å². The Bertz CT molecular complexity index is 416. The number of rotatable bonds is 3. The second kappa shape index (κ2) is 5.09. The van der Waals surface area contributed by atoms with E-state index in [0.717, 1.165) is 25.6 Å². The summed E-state index contributed by atoms with van der Waals surface area (Å²) < 4.78 is 42.7. The van der Waals surface area contributed by atoms with Crippen molar-refractivity contribution in [1.82, 2.24) is 15.3 Å². The van der Waals surface area contributed by atoms with Gasteiger partial charge < -0.3 is 10.1 Å². The summed E-state index contributed by atoms with van der Waals surface area (Å²) >= 11 is 0. The highest BCUT2D eigenvalue weighted by molar-refractivity contribution is 5.19. The summed E-state index contributed by atoms with van der Waals surface area (Å²) in [6.45, 7) is 1.68. The van der Waals surface area contributed by atoms with Crippen molar-refractivity contribution < 1.29 is 17.9 Å². The molecule has 1 aromatic rings. The van der Waals surface area contributed by atoms with Crippen molar-refractivity contribution in [3.63, 3.8) is 0 Å². The molecule has 0 bridgehead atoms. The van der Waals surface area contributed by atoms with Gasteiger partial charge in [-0.05, 0) is 25.4 Å². The highest BCUT2D eigenvalue weighted by atomic mass is 19.4. The molecule has 0 aliphatic carbocycles. The zero-order chi connectivity index (χ0) is 13.2. The molecule has 2 heterocycles. The Morgan fingerprint density at radius 1 is 1.44 bits per heavy atom. The molecule has 0 saturated carbocycles. The zero-order valence-electron chi connectivity index (χ0n) is 9.92. The minimum atomic E-state index is -4.47. The van der Waals surface area contributed by atoms with E-state index in [1.165, 1.54) is 7.11 Å². The lowest BCUT2D eigenvalue weighted by molar-refractivity contribution is -0.141. The van der Waals surface area contributed by atoms with E-state index in [0.29, 0.717) is 6.42 Å². The molecule has 1 aliphatic heterocycles. The first-order valence-corrected chi connectivity index (χ1v) is 5.69. The normalized spacial score (nSPS) is 20.1. The van der Waals surface area contributed by atoms with E-state index in [9.17, 15) is 13.2 Å². The molecule has 0 spiro atoms. The average Bonchev–Trinajstić information content (AvgIpc) is 2.80. The van der Waals surface area contributed by atoms with Crippen LogP contribution in [0.25, 0.3) is 0 Å². The molecule has 0 amide bonds. The highest BCUT2D eigenvalue weighted by Crippen LogP contribution is 2.29. The molecule has 100 valence electrons. The van der Waals surface area contributed by atoms with E-state index in [1.54, 1.807) is 0 Å². The maximum Gasteiger partial charge on any atom is 0.433 e. The van der Waals surface area contributed by atoms with Gasteiger partial charge in [0.1, 0.15) is 5.82 Å². The van der Waals surface area contributed by atoms with E-state index >= 15 is 0 Å². The fourth-order valence-electron chi connectivity index (χ4n) is 1.96. The van der Waals surface area contributed by atoms with E-state index in [4.69, 9.17) is 4.74 Å². The molecule has 1 unspecified atom stereocenters. The van der Waals surface area contributed by atoms with Gasteiger partial charge in [-0.25, -0.2) is 4.98 Å². The van der Waals surface area contributed by atoms with Crippen LogP contribution < -0.4 is 10.1 Å². The quantitative estimate of drug-likeness (QED) is 0.898. The van der Waals surface area contributed by atoms with Gasteiger partial charge in [-0.2, -0.15) is 18.2 Å². The van der Waals surface area contributed by atoms with Crippen molar-refractivity contribution in [2.45, 2.75) is 19.0 Å². The lowest BCUT2D eigenvalue weighted by Gasteiger charge is -2.11. The van der Waals surface area contributed by atoms with Gasteiger partial charge in [-0.1, -0.05) is 0 Å². The molecule has 7 heteroatoms. The first-order valence-electron chi connectivity index (χ1n) is 5.69. The van der Waals surface area contributed by atoms with Crippen LogP contribution >= 0.6 is 0 Å². The summed E-state index contributed by atoms with van der Waals surface area (Å²) in [6, 6.07) is 0.816. The fourth-order valence-corrected chi connectivity index (χ4v) is 1.96. The van der Waals surface area contributed by atoms with E-state index in [1.807, 2.05) is 0 Å². The summed E-state index contributed by atoms with van der Waals surface area (Å²) in [7, 11) is 1.30. The SMILES string of the molecule is COc1cc(C(F)(F)F)nc(CC2CCNC2)n1. The van der Waals surface area contributed by atoms with Gasteiger partial charge in [0, 0.05) is 12.5 Å². The molecule has 4 nitrogen and oxygen atoms in total. The van der Waals surface area contributed by atoms with Crippen molar-refractivity contribution in [2.24, 2.45) is 5.92 Å². The lowest BCUT2D eigenvalue weighted by atomic mass is 10.0. The van der Waals surface area contributed by atoms with Gasteiger partial charge in [-0.15, -0.1) is 0 Å². The molecule has 1 saturated heterocycles. The second-order valence-electron chi connectivity index (χ2n) is 4.27. The van der Waals surface area contributed by atoms with Crippen molar-refractivity contribution in [2.75, 3.05) is 20.2 Å². The van der Waals surface area contributed by atoms with Crippen LogP contribution in [-0.4, -0.2) is 30.2 Å². The van der Waals surface area contributed by atoms with Crippen LogP contribution in [0.4, 0.5) is 13.2 Å². The number of alkyl halides is 3. The average molecular weight is 261 g/mol. The Labute approximate surface area is 103 Å². The number of methoxy groups -OCH3 is 1. The summed E-state index contributed by atoms with van der Waals surface area (Å²) in [5.74, 6) is 0.437. The molecule has 0 radical (unpaired) electrons. The van der Waals surface area contributed by atoms with Crippen molar-refractivity contribution in [3.8, 4) is 5.88 Å². The number of aromatic nitrogens is 2. The Balaban J connectivity index is 2.23. The maximum absolute atomic E-state index is 12.6.